The van der Waals surface area contributed by atoms with Gasteiger partial charge in [-0.25, -0.2) is 4.79 Å². The summed E-state index contributed by atoms with van der Waals surface area (Å²) in [4.78, 5) is 35.4. The van der Waals surface area contributed by atoms with Crippen LogP contribution in [-0.4, -0.2) is 54.1 Å². The lowest BCUT2D eigenvalue weighted by Crippen LogP contribution is -2.46. The number of carboxylic acid groups (broad SMARTS) is 1. The van der Waals surface area contributed by atoms with E-state index in [-0.39, 0.29) is 25.0 Å². The first-order chi connectivity index (χ1) is 9.27. The van der Waals surface area contributed by atoms with Crippen LogP contribution in [0.15, 0.2) is 0 Å². The molecule has 1 unspecified atom stereocenters. The summed E-state index contributed by atoms with van der Waals surface area (Å²) >= 11 is 0. The largest absolute Gasteiger partial charge is 0.481 e. The predicted octanol–water partition coefficient (Wildman–Crippen LogP) is 0.653. The van der Waals surface area contributed by atoms with Crippen LogP contribution in [0.1, 0.15) is 33.6 Å². The Morgan fingerprint density at radius 3 is 2.30 bits per heavy atom. The van der Waals surface area contributed by atoms with Crippen molar-refractivity contribution < 1.29 is 19.5 Å². The van der Waals surface area contributed by atoms with Gasteiger partial charge in [0.25, 0.3) is 0 Å². The lowest BCUT2D eigenvalue weighted by molar-refractivity contribution is -0.141. The number of hydrogen-bond acceptors (Lipinski definition) is 3. The zero-order valence-electron chi connectivity index (χ0n) is 12.6. The number of carbonyl (C=O) groups is 3. The summed E-state index contributed by atoms with van der Waals surface area (Å²) in [6.45, 7) is 5.56. The van der Waals surface area contributed by atoms with Crippen molar-refractivity contribution in [2.45, 2.75) is 39.7 Å². The third kappa shape index (κ3) is 7.60. The zero-order valence-corrected chi connectivity index (χ0v) is 12.6. The molecule has 0 aromatic heterocycles. The average molecular weight is 287 g/mol. The van der Waals surface area contributed by atoms with Gasteiger partial charge in [0.2, 0.25) is 5.91 Å². The molecule has 3 N–H and O–H groups in total. The van der Waals surface area contributed by atoms with Gasteiger partial charge in [-0.1, -0.05) is 13.3 Å². The van der Waals surface area contributed by atoms with Gasteiger partial charge >= 0.3 is 12.0 Å². The molecule has 0 aliphatic heterocycles. The quantitative estimate of drug-likeness (QED) is 0.610. The number of likely N-dealkylation sites (N-methyl/N-ethyl adjacent to an activating group) is 1. The molecule has 0 spiro atoms. The van der Waals surface area contributed by atoms with E-state index in [1.807, 2.05) is 20.8 Å². The van der Waals surface area contributed by atoms with Gasteiger partial charge in [-0.05, 0) is 20.3 Å². The maximum Gasteiger partial charge on any atom is 0.317 e. The van der Waals surface area contributed by atoms with E-state index in [0.717, 1.165) is 6.42 Å². The second kappa shape index (κ2) is 9.17. The van der Waals surface area contributed by atoms with E-state index in [2.05, 4.69) is 10.6 Å². The number of aliphatic carboxylic acids is 1. The molecule has 0 aliphatic carbocycles. The van der Waals surface area contributed by atoms with Crippen molar-refractivity contribution in [2.24, 2.45) is 5.92 Å². The number of rotatable bonds is 8. The third-order valence-corrected chi connectivity index (χ3v) is 2.66. The van der Waals surface area contributed by atoms with Gasteiger partial charge in [0.1, 0.15) is 6.54 Å². The van der Waals surface area contributed by atoms with E-state index in [1.165, 1.54) is 11.9 Å². The van der Waals surface area contributed by atoms with Crippen molar-refractivity contribution in [1.29, 1.82) is 0 Å². The van der Waals surface area contributed by atoms with E-state index in [4.69, 9.17) is 5.11 Å². The molecule has 0 rings (SSSR count). The molecule has 0 saturated heterocycles. The normalized spacial score (nSPS) is 11.8. The maximum absolute atomic E-state index is 11.7. The molecule has 0 fully saturated rings. The first-order valence-corrected chi connectivity index (χ1v) is 6.79. The highest BCUT2D eigenvalue weighted by Crippen LogP contribution is 2.05. The zero-order chi connectivity index (χ0) is 15.7. The van der Waals surface area contributed by atoms with Crippen LogP contribution in [0.4, 0.5) is 4.79 Å². The van der Waals surface area contributed by atoms with Gasteiger partial charge in [-0.3, -0.25) is 9.59 Å². The first kappa shape index (κ1) is 18.2. The van der Waals surface area contributed by atoms with Crippen LogP contribution < -0.4 is 10.6 Å². The molecule has 0 radical (unpaired) electrons. The summed E-state index contributed by atoms with van der Waals surface area (Å²) in [5.74, 6) is -1.77. The number of carbonyl (C=O) groups excluding carboxylic acids is 2. The fourth-order valence-electron chi connectivity index (χ4n) is 1.66. The smallest absolute Gasteiger partial charge is 0.317 e. The molecule has 116 valence electrons. The third-order valence-electron chi connectivity index (χ3n) is 2.66. The summed E-state index contributed by atoms with van der Waals surface area (Å²) in [6, 6.07) is -0.439. The fourth-order valence-corrected chi connectivity index (χ4v) is 1.66. The highest BCUT2D eigenvalue weighted by atomic mass is 16.4. The van der Waals surface area contributed by atoms with Crippen LogP contribution in [0.25, 0.3) is 0 Å². The number of nitrogens with zero attached hydrogens (tertiary/aromatic N) is 1. The molecule has 7 nitrogen and oxygen atoms in total. The molecule has 20 heavy (non-hydrogen) atoms. The first-order valence-electron chi connectivity index (χ1n) is 6.79. The highest BCUT2D eigenvalue weighted by molar-refractivity contribution is 5.84. The Morgan fingerprint density at radius 2 is 1.85 bits per heavy atom. The number of urea groups is 1. The van der Waals surface area contributed by atoms with Crippen molar-refractivity contribution in [2.75, 3.05) is 20.1 Å². The number of amides is 3. The van der Waals surface area contributed by atoms with Crippen LogP contribution in [0.2, 0.25) is 0 Å². The van der Waals surface area contributed by atoms with Crippen molar-refractivity contribution in [3.8, 4) is 0 Å². The van der Waals surface area contributed by atoms with Crippen molar-refractivity contribution in [3.05, 3.63) is 0 Å². The van der Waals surface area contributed by atoms with Gasteiger partial charge in [0.05, 0.1) is 5.92 Å². The van der Waals surface area contributed by atoms with E-state index < -0.39 is 17.9 Å². The lowest BCUT2D eigenvalue weighted by atomic mass is 10.0. The van der Waals surface area contributed by atoms with Crippen LogP contribution >= 0.6 is 0 Å². The molecule has 0 aromatic rings. The predicted molar refractivity (Wildman–Crippen MR) is 75.3 cm³/mol. The van der Waals surface area contributed by atoms with Crippen LogP contribution in [0.3, 0.4) is 0 Å². The Labute approximate surface area is 119 Å². The maximum atomic E-state index is 11.7. The Balaban J connectivity index is 4.18. The minimum Gasteiger partial charge on any atom is -0.481 e. The SMILES string of the molecule is CCCC(CNC(=O)N(C)CC(=O)NC(C)C)C(=O)O. The molecule has 7 heteroatoms. The van der Waals surface area contributed by atoms with E-state index in [1.54, 1.807) is 0 Å². The van der Waals surface area contributed by atoms with Gasteiger partial charge in [-0.2, -0.15) is 0 Å². The second-order valence-corrected chi connectivity index (χ2v) is 5.09. The average Bonchev–Trinajstić information content (AvgIpc) is 2.32. The summed E-state index contributed by atoms with van der Waals surface area (Å²) in [6.07, 6.45) is 1.24. The molecule has 3 amide bonds. The minimum absolute atomic E-state index is 0.0138. The van der Waals surface area contributed by atoms with Crippen molar-refractivity contribution >= 4 is 17.9 Å². The molecular weight excluding hydrogens is 262 g/mol. The summed E-state index contributed by atoms with van der Waals surface area (Å²) in [5, 5.41) is 14.2. The molecule has 0 bridgehead atoms. The summed E-state index contributed by atoms with van der Waals surface area (Å²) in [5.41, 5.74) is 0. The molecule has 0 saturated carbocycles. The molecule has 1 atom stereocenters. The standard InChI is InChI=1S/C13H25N3O4/c1-5-6-10(12(18)19)7-14-13(20)16(4)8-11(17)15-9(2)3/h9-10H,5-8H2,1-4H3,(H,14,20)(H,15,17)(H,18,19). The molecular formula is C13H25N3O4. The minimum atomic E-state index is -0.924. The second-order valence-electron chi connectivity index (χ2n) is 5.09. The topological polar surface area (TPSA) is 98.7 Å². The van der Waals surface area contributed by atoms with Crippen molar-refractivity contribution in [3.63, 3.8) is 0 Å². The van der Waals surface area contributed by atoms with Crippen LogP contribution in [0, 0.1) is 5.92 Å². The molecule has 0 aromatic carbocycles. The van der Waals surface area contributed by atoms with Gasteiger partial charge < -0.3 is 20.6 Å². The monoisotopic (exact) mass is 287 g/mol. The Kier molecular flexibility index (Phi) is 8.35. The number of nitrogens with one attached hydrogen (secondary N) is 2. The highest BCUT2D eigenvalue weighted by Gasteiger charge is 2.19. The molecule has 0 aliphatic rings. The van der Waals surface area contributed by atoms with Crippen LogP contribution in [-0.2, 0) is 9.59 Å². The van der Waals surface area contributed by atoms with Crippen molar-refractivity contribution in [1.82, 2.24) is 15.5 Å². The molecule has 0 heterocycles. The van der Waals surface area contributed by atoms with E-state index >= 15 is 0 Å². The number of carboxylic acids is 1. The van der Waals surface area contributed by atoms with Gasteiger partial charge in [-0.15, -0.1) is 0 Å². The number of hydrogen-bond donors (Lipinski definition) is 3. The van der Waals surface area contributed by atoms with E-state index in [9.17, 15) is 14.4 Å². The van der Waals surface area contributed by atoms with Gasteiger partial charge in [0, 0.05) is 19.6 Å². The van der Waals surface area contributed by atoms with E-state index in [0.29, 0.717) is 6.42 Å². The van der Waals surface area contributed by atoms with Crippen LogP contribution in [0.5, 0.6) is 0 Å². The summed E-state index contributed by atoms with van der Waals surface area (Å²) in [7, 11) is 1.49. The fraction of sp³-hybridized carbons (Fsp3) is 0.769. The Bertz CT molecular complexity index is 345. The summed E-state index contributed by atoms with van der Waals surface area (Å²) < 4.78 is 0. The van der Waals surface area contributed by atoms with Gasteiger partial charge in [0.15, 0.2) is 0 Å². The Morgan fingerprint density at radius 1 is 1.25 bits per heavy atom. The Hall–Kier alpha value is -1.79. The lowest BCUT2D eigenvalue weighted by Gasteiger charge is -2.20.